The molecule has 4 N–H and O–H groups in total. The largest absolute Gasteiger partial charge is 0.371 e. The minimum atomic E-state index is -0.203. The molecule has 2 heterocycles. The van der Waals surface area contributed by atoms with Gasteiger partial charge in [0.2, 0.25) is 5.91 Å². The second-order valence-corrected chi connectivity index (χ2v) is 6.32. The molecular formula is C17H26N4O2. The van der Waals surface area contributed by atoms with Gasteiger partial charge in [-0.05, 0) is 30.0 Å². The highest BCUT2D eigenvalue weighted by molar-refractivity contribution is 5.95. The quantitative estimate of drug-likeness (QED) is 0.671. The number of benzene rings is 1. The first kappa shape index (κ1) is 16.4. The lowest BCUT2D eigenvalue weighted by molar-refractivity contribution is -0.118. The summed E-state index contributed by atoms with van der Waals surface area (Å²) in [5.41, 5.74) is 8.24. The highest BCUT2D eigenvalue weighted by Gasteiger charge is 2.35. The van der Waals surface area contributed by atoms with Crippen LogP contribution < -0.4 is 21.5 Å². The average Bonchev–Trinajstić information content (AvgIpc) is 2.97. The van der Waals surface area contributed by atoms with Crippen LogP contribution in [0.2, 0.25) is 0 Å². The lowest BCUT2D eigenvalue weighted by Crippen LogP contribution is -2.41. The van der Waals surface area contributed by atoms with Crippen LogP contribution >= 0.6 is 0 Å². The maximum absolute atomic E-state index is 12.4. The van der Waals surface area contributed by atoms with Crippen molar-refractivity contribution < 1.29 is 9.53 Å². The summed E-state index contributed by atoms with van der Waals surface area (Å²) in [4.78, 5) is 12.4. The summed E-state index contributed by atoms with van der Waals surface area (Å²) < 4.78 is 5.74. The minimum Gasteiger partial charge on any atom is -0.371 e. The van der Waals surface area contributed by atoms with E-state index in [4.69, 9.17) is 4.74 Å². The maximum Gasteiger partial charge on any atom is 0.243 e. The molecule has 0 saturated carbocycles. The molecule has 3 unspecified atom stereocenters. The second-order valence-electron chi connectivity index (χ2n) is 6.32. The molecule has 6 nitrogen and oxygen atoms in total. The zero-order chi connectivity index (χ0) is 16.2. The molecule has 2 saturated heterocycles. The van der Waals surface area contributed by atoms with Gasteiger partial charge < -0.3 is 15.4 Å². The van der Waals surface area contributed by atoms with E-state index in [1.54, 1.807) is 0 Å². The van der Waals surface area contributed by atoms with Crippen LogP contribution in [-0.4, -0.2) is 37.7 Å². The molecule has 23 heavy (non-hydrogen) atoms. The van der Waals surface area contributed by atoms with Crippen molar-refractivity contribution >= 4 is 11.6 Å². The molecule has 1 aromatic rings. The number of ether oxygens (including phenoxy) is 1. The van der Waals surface area contributed by atoms with Crippen molar-refractivity contribution in [3.8, 4) is 0 Å². The Balaban J connectivity index is 1.58. The van der Waals surface area contributed by atoms with Gasteiger partial charge in [-0.3, -0.25) is 10.2 Å². The minimum absolute atomic E-state index is 0.00397. The number of morpholine rings is 1. The molecule has 1 amide bonds. The van der Waals surface area contributed by atoms with E-state index in [0.29, 0.717) is 6.04 Å². The van der Waals surface area contributed by atoms with Gasteiger partial charge in [-0.1, -0.05) is 26.0 Å². The summed E-state index contributed by atoms with van der Waals surface area (Å²) in [6.45, 7) is 6.70. The molecular weight excluding hydrogens is 292 g/mol. The van der Waals surface area contributed by atoms with Crippen molar-refractivity contribution in [2.24, 2.45) is 5.92 Å². The zero-order valence-electron chi connectivity index (χ0n) is 13.8. The molecule has 2 aliphatic heterocycles. The Labute approximate surface area is 137 Å². The number of rotatable bonds is 4. The standard InChI is InChI=1S/C17H26N4O2/c1-3-14-11(2)16(21-20-14)17(22)19-13-6-4-12(5-7-13)15-10-18-8-9-23-15/h4-7,11,14-16,18,20-21H,3,8-10H2,1-2H3,(H,19,22)/t11?,14?,15-,16?/m0/s1. The monoisotopic (exact) mass is 318 g/mol. The molecule has 0 spiro atoms. The van der Waals surface area contributed by atoms with Crippen molar-refractivity contribution in [2.75, 3.05) is 25.0 Å². The number of nitrogens with one attached hydrogen (secondary N) is 4. The predicted molar refractivity (Wildman–Crippen MR) is 89.9 cm³/mol. The van der Waals surface area contributed by atoms with E-state index in [-0.39, 0.29) is 24.0 Å². The highest BCUT2D eigenvalue weighted by atomic mass is 16.5. The van der Waals surface area contributed by atoms with E-state index in [1.807, 2.05) is 24.3 Å². The molecule has 3 rings (SSSR count). The van der Waals surface area contributed by atoms with Gasteiger partial charge in [-0.2, -0.15) is 0 Å². The summed E-state index contributed by atoms with van der Waals surface area (Å²) in [5.74, 6) is 0.269. The summed E-state index contributed by atoms with van der Waals surface area (Å²) in [5, 5.41) is 6.31. The van der Waals surface area contributed by atoms with Crippen LogP contribution in [0.15, 0.2) is 24.3 Å². The van der Waals surface area contributed by atoms with Crippen molar-refractivity contribution in [2.45, 2.75) is 38.5 Å². The summed E-state index contributed by atoms with van der Waals surface area (Å²) in [6, 6.07) is 8.05. The molecule has 0 radical (unpaired) electrons. The van der Waals surface area contributed by atoms with Gasteiger partial charge in [0.25, 0.3) is 0 Å². The van der Waals surface area contributed by atoms with Crippen LogP contribution in [-0.2, 0) is 9.53 Å². The first-order valence-corrected chi connectivity index (χ1v) is 8.43. The molecule has 6 heteroatoms. The van der Waals surface area contributed by atoms with E-state index in [0.717, 1.165) is 37.4 Å². The third kappa shape index (κ3) is 3.72. The van der Waals surface area contributed by atoms with Gasteiger partial charge in [0.15, 0.2) is 0 Å². The third-order valence-corrected chi connectivity index (χ3v) is 4.78. The van der Waals surface area contributed by atoms with E-state index < -0.39 is 0 Å². The lowest BCUT2D eigenvalue weighted by Gasteiger charge is -2.24. The van der Waals surface area contributed by atoms with E-state index in [1.165, 1.54) is 0 Å². The fourth-order valence-electron chi connectivity index (χ4n) is 3.25. The maximum atomic E-state index is 12.4. The van der Waals surface area contributed by atoms with E-state index in [2.05, 4.69) is 35.3 Å². The Bertz CT molecular complexity index is 528. The molecule has 2 fully saturated rings. The highest BCUT2D eigenvalue weighted by Crippen LogP contribution is 2.22. The van der Waals surface area contributed by atoms with Crippen molar-refractivity contribution in [1.82, 2.24) is 16.2 Å². The Morgan fingerprint density at radius 2 is 2.09 bits per heavy atom. The van der Waals surface area contributed by atoms with E-state index >= 15 is 0 Å². The van der Waals surface area contributed by atoms with Crippen molar-refractivity contribution in [1.29, 1.82) is 0 Å². The second kappa shape index (κ2) is 7.40. The Morgan fingerprint density at radius 3 is 2.70 bits per heavy atom. The van der Waals surface area contributed by atoms with Gasteiger partial charge in [0.05, 0.1) is 12.7 Å². The number of anilines is 1. The topological polar surface area (TPSA) is 74.4 Å². The Morgan fingerprint density at radius 1 is 1.30 bits per heavy atom. The van der Waals surface area contributed by atoms with Gasteiger partial charge in [-0.25, -0.2) is 5.43 Å². The number of hydrazine groups is 1. The fraction of sp³-hybridized carbons (Fsp3) is 0.588. The predicted octanol–water partition coefficient (Wildman–Crippen LogP) is 1.18. The molecule has 126 valence electrons. The molecule has 0 aliphatic carbocycles. The first-order valence-electron chi connectivity index (χ1n) is 8.43. The first-order chi connectivity index (χ1) is 11.2. The van der Waals surface area contributed by atoms with Crippen LogP contribution in [0, 0.1) is 5.92 Å². The number of hydrogen-bond acceptors (Lipinski definition) is 5. The normalized spacial score (nSPS) is 31.0. The van der Waals surface area contributed by atoms with Gasteiger partial charge in [-0.15, -0.1) is 0 Å². The molecule has 2 aliphatic rings. The SMILES string of the molecule is CCC1NNC(C(=O)Nc2ccc([C@@H]3CNCCO3)cc2)C1C. The Kier molecular flexibility index (Phi) is 5.27. The van der Waals surface area contributed by atoms with Gasteiger partial charge in [0.1, 0.15) is 6.04 Å². The molecule has 4 atom stereocenters. The van der Waals surface area contributed by atoms with Crippen LogP contribution in [0.5, 0.6) is 0 Å². The fourth-order valence-corrected chi connectivity index (χ4v) is 3.25. The smallest absolute Gasteiger partial charge is 0.243 e. The van der Waals surface area contributed by atoms with Gasteiger partial charge >= 0.3 is 0 Å². The average molecular weight is 318 g/mol. The van der Waals surface area contributed by atoms with Crippen LogP contribution in [0.25, 0.3) is 0 Å². The number of carbonyl (C=O) groups excluding carboxylic acids is 1. The van der Waals surface area contributed by atoms with Crippen LogP contribution in [0.4, 0.5) is 5.69 Å². The van der Waals surface area contributed by atoms with Crippen molar-refractivity contribution in [3.05, 3.63) is 29.8 Å². The third-order valence-electron chi connectivity index (χ3n) is 4.78. The van der Waals surface area contributed by atoms with Crippen LogP contribution in [0.1, 0.15) is 31.9 Å². The number of carbonyl (C=O) groups is 1. The molecule has 0 bridgehead atoms. The summed E-state index contributed by atoms with van der Waals surface area (Å²) in [6.07, 6.45) is 1.10. The summed E-state index contributed by atoms with van der Waals surface area (Å²) in [7, 11) is 0. The van der Waals surface area contributed by atoms with Crippen molar-refractivity contribution in [3.63, 3.8) is 0 Å². The summed E-state index contributed by atoms with van der Waals surface area (Å²) >= 11 is 0. The molecule has 1 aromatic carbocycles. The lowest BCUT2D eigenvalue weighted by atomic mass is 9.94. The number of amides is 1. The Hall–Kier alpha value is -1.47. The van der Waals surface area contributed by atoms with Crippen LogP contribution in [0.3, 0.4) is 0 Å². The number of hydrogen-bond donors (Lipinski definition) is 4. The molecule has 0 aromatic heterocycles. The van der Waals surface area contributed by atoms with Gasteiger partial charge in [0, 0.05) is 24.8 Å². The van der Waals surface area contributed by atoms with E-state index in [9.17, 15) is 4.79 Å². The zero-order valence-corrected chi connectivity index (χ0v) is 13.8.